The van der Waals surface area contributed by atoms with E-state index >= 15 is 0 Å². The van der Waals surface area contributed by atoms with E-state index in [9.17, 15) is 0 Å². The van der Waals surface area contributed by atoms with Gasteiger partial charge in [-0.25, -0.2) is 0 Å². The molecule has 2 heteroatoms. The molecule has 0 amide bonds. The topological polar surface area (TPSA) is 35.2 Å². The molecule has 112 valence electrons. The molecular formula is C19H25NO. The van der Waals surface area contributed by atoms with Crippen molar-refractivity contribution in [3.05, 3.63) is 64.2 Å². The Kier molecular flexibility index (Phi) is 5.03. The number of ether oxygens (including phenoxy) is 1. The average molecular weight is 283 g/mol. The third-order valence-corrected chi connectivity index (χ3v) is 3.91. The van der Waals surface area contributed by atoms with E-state index in [2.05, 4.69) is 57.2 Å². The molecule has 0 bridgehead atoms. The van der Waals surface area contributed by atoms with E-state index in [-0.39, 0.29) is 6.04 Å². The van der Waals surface area contributed by atoms with Gasteiger partial charge < -0.3 is 10.5 Å². The molecule has 2 rings (SSSR count). The lowest BCUT2D eigenvalue weighted by Crippen LogP contribution is -2.14. The van der Waals surface area contributed by atoms with E-state index in [0.717, 1.165) is 24.2 Å². The second-order valence-electron chi connectivity index (χ2n) is 5.83. The van der Waals surface area contributed by atoms with Gasteiger partial charge in [-0.2, -0.15) is 0 Å². The molecule has 1 unspecified atom stereocenters. The molecule has 21 heavy (non-hydrogen) atoms. The van der Waals surface area contributed by atoms with Crippen LogP contribution in [0.5, 0.6) is 5.75 Å². The number of rotatable bonds is 5. The van der Waals surface area contributed by atoms with Crippen molar-refractivity contribution in [2.75, 3.05) is 7.11 Å². The summed E-state index contributed by atoms with van der Waals surface area (Å²) in [4.78, 5) is 0. The lowest BCUT2D eigenvalue weighted by atomic mass is 9.94. The Bertz CT molecular complexity index is 619. The minimum atomic E-state index is 0.000984. The summed E-state index contributed by atoms with van der Waals surface area (Å²) >= 11 is 0. The summed E-state index contributed by atoms with van der Waals surface area (Å²) in [6.07, 6.45) is 1.91. The zero-order valence-corrected chi connectivity index (χ0v) is 13.4. The van der Waals surface area contributed by atoms with Crippen LogP contribution in [0.3, 0.4) is 0 Å². The Balaban J connectivity index is 2.15. The number of nitrogens with two attached hydrogens (primary N) is 1. The predicted octanol–water partition coefficient (Wildman–Crippen LogP) is 4.25. The van der Waals surface area contributed by atoms with Gasteiger partial charge in [0.2, 0.25) is 0 Å². The van der Waals surface area contributed by atoms with Crippen LogP contribution in [0.25, 0.3) is 0 Å². The van der Waals surface area contributed by atoms with Gasteiger partial charge in [0.15, 0.2) is 0 Å². The number of hydrogen-bond acceptors (Lipinski definition) is 2. The highest BCUT2D eigenvalue weighted by atomic mass is 16.5. The van der Waals surface area contributed by atoms with Gasteiger partial charge in [-0.1, -0.05) is 35.9 Å². The molecular weight excluding hydrogens is 258 g/mol. The van der Waals surface area contributed by atoms with Crippen LogP contribution >= 0.6 is 0 Å². The van der Waals surface area contributed by atoms with Crippen LogP contribution in [-0.2, 0) is 6.42 Å². The Morgan fingerprint density at radius 2 is 1.81 bits per heavy atom. The molecule has 2 N–H and O–H groups in total. The monoisotopic (exact) mass is 283 g/mol. The van der Waals surface area contributed by atoms with Gasteiger partial charge in [0, 0.05) is 11.6 Å². The second kappa shape index (κ2) is 6.77. The molecule has 0 spiro atoms. The molecule has 0 fully saturated rings. The van der Waals surface area contributed by atoms with Crippen molar-refractivity contribution >= 4 is 0 Å². The minimum Gasteiger partial charge on any atom is -0.496 e. The zero-order valence-electron chi connectivity index (χ0n) is 13.4. The molecule has 0 aliphatic rings. The molecule has 0 aliphatic heterocycles. The van der Waals surface area contributed by atoms with Crippen molar-refractivity contribution in [1.82, 2.24) is 0 Å². The van der Waals surface area contributed by atoms with Gasteiger partial charge in [0.25, 0.3) is 0 Å². The van der Waals surface area contributed by atoms with Crippen molar-refractivity contribution < 1.29 is 4.74 Å². The van der Waals surface area contributed by atoms with Crippen molar-refractivity contribution in [2.24, 2.45) is 5.73 Å². The quantitative estimate of drug-likeness (QED) is 0.890. The lowest BCUT2D eigenvalue weighted by molar-refractivity contribution is 0.403. The van der Waals surface area contributed by atoms with E-state index in [1.165, 1.54) is 22.3 Å². The highest BCUT2D eigenvalue weighted by Crippen LogP contribution is 2.31. The molecule has 0 heterocycles. The Labute approximate surface area is 127 Å². The van der Waals surface area contributed by atoms with Crippen LogP contribution in [0.2, 0.25) is 0 Å². The Morgan fingerprint density at radius 1 is 1.05 bits per heavy atom. The van der Waals surface area contributed by atoms with Crippen LogP contribution in [0, 0.1) is 20.8 Å². The first kappa shape index (κ1) is 15.6. The van der Waals surface area contributed by atoms with Gasteiger partial charge in [0.1, 0.15) is 5.75 Å². The second-order valence-corrected chi connectivity index (χ2v) is 5.83. The van der Waals surface area contributed by atoms with Gasteiger partial charge in [-0.05, 0) is 56.4 Å². The maximum absolute atomic E-state index is 6.43. The number of methoxy groups -OCH3 is 1. The molecule has 2 aromatic carbocycles. The zero-order chi connectivity index (χ0) is 15.4. The Hall–Kier alpha value is -1.80. The van der Waals surface area contributed by atoms with Gasteiger partial charge in [-0.3, -0.25) is 0 Å². The van der Waals surface area contributed by atoms with E-state index in [1.807, 2.05) is 0 Å². The maximum atomic E-state index is 6.43. The normalized spacial score (nSPS) is 12.2. The molecule has 2 nitrogen and oxygen atoms in total. The molecule has 1 atom stereocenters. The fourth-order valence-electron chi connectivity index (χ4n) is 2.92. The van der Waals surface area contributed by atoms with Crippen molar-refractivity contribution in [2.45, 2.75) is 39.7 Å². The van der Waals surface area contributed by atoms with Crippen molar-refractivity contribution in [3.8, 4) is 5.75 Å². The SMILES string of the molecule is COc1cc(C)cc(C)c1C(N)CCc1cccc(C)c1. The first-order chi connectivity index (χ1) is 10.0. The van der Waals surface area contributed by atoms with Gasteiger partial charge in [0.05, 0.1) is 7.11 Å². The fraction of sp³-hybridized carbons (Fsp3) is 0.368. The highest BCUT2D eigenvalue weighted by molar-refractivity contribution is 5.45. The molecule has 0 radical (unpaired) electrons. The van der Waals surface area contributed by atoms with E-state index in [1.54, 1.807) is 7.11 Å². The van der Waals surface area contributed by atoms with Crippen molar-refractivity contribution in [1.29, 1.82) is 0 Å². The first-order valence-corrected chi connectivity index (χ1v) is 7.47. The highest BCUT2D eigenvalue weighted by Gasteiger charge is 2.15. The molecule has 0 saturated carbocycles. The maximum Gasteiger partial charge on any atom is 0.124 e. The summed E-state index contributed by atoms with van der Waals surface area (Å²) in [5.74, 6) is 0.907. The number of hydrogen-bond donors (Lipinski definition) is 1. The van der Waals surface area contributed by atoms with Crippen molar-refractivity contribution in [3.63, 3.8) is 0 Å². The summed E-state index contributed by atoms with van der Waals surface area (Å²) in [6, 6.07) is 12.9. The van der Waals surface area contributed by atoms with E-state index in [4.69, 9.17) is 10.5 Å². The summed E-state index contributed by atoms with van der Waals surface area (Å²) in [5, 5.41) is 0. The number of aryl methyl sites for hydroxylation is 4. The average Bonchev–Trinajstić information content (AvgIpc) is 2.44. The third kappa shape index (κ3) is 3.85. The van der Waals surface area contributed by atoms with Gasteiger partial charge >= 0.3 is 0 Å². The van der Waals surface area contributed by atoms with Crippen LogP contribution in [0.4, 0.5) is 0 Å². The summed E-state index contributed by atoms with van der Waals surface area (Å²) < 4.78 is 5.52. The summed E-state index contributed by atoms with van der Waals surface area (Å²) in [7, 11) is 1.71. The predicted molar refractivity (Wildman–Crippen MR) is 88.9 cm³/mol. The number of benzene rings is 2. The largest absolute Gasteiger partial charge is 0.496 e. The summed E-state index contributed by atoms with van der Waals surface area (Å²) in [6.45, 7) is 6.31. The van der Waals surface area contributed by atoms with E-state index < -0.39 is 0 Å². The smallest absolute Gasteiger partial charge is 0.124 e. The van der Waals surface area contributed by atoms with Crippen LogP contribution < -0.4 is 10.5 Å². The first-order valence-electron chi connectivity index (χ1n) is 7.47. The molecule has 0 saturated heterocycles. The Morgan fingerprint density at radius 3 is 2.48 bits per heavy atom. The standard InChI is InChI=1S/C19H25NO/c1-13-6-5-7-16(11-13)8-9-17(20)19-15(3)10-14(2)12-18(19)21-4/h5-7,10-12,17H,8-9,20H2,1-4H3. The fourth-order valence-corrected chi connectivity index (χ4v) is 2.92. The molecule has 0 aliphatic carbocycles. The third-order valence-electron chi connectivity index (χ3n) is 3.91. The molecule has 2 aromatic rings. The van der Waals surface area contributed by atoms with Crippen LogP contribution in [0.1, 0.15) is 40.3 Å². The minimum absolute atomic E-state index is 0.000984. The lowest BCUT2D eigenvalue weighted by Gasteiger charge is -2.19. The van der Waals surface area contributed by atoms with Crippen LogP contribution in [-0.4, -0.2) is 7.11 Å². The van der Waals surface area contributed by atoms with E-state index in [0.29, 0.717) is 0 Å². The molecule has 0 aromatic heterocycles. The van der Waals surface area contributed by atoms with Crippen LogP contribution in [0.15, 0.2) is 36.4 Å². The van der Waals surface area contributed by atoms with Gasteiger partial charge in [-0.15, -0.1) is 0 Å². The summed E-state index contributed by atoms with van der Waals surface area (Å²) in [5.41, 5.74) is 12.6.